The Morgan fingerprint density at radius 2 is 1.95 bits per heavy atom. The summed E-state index contributed by atoms with van der Waals surface area (Å²) < 4.78 is 23.8. The zero-order chi connectivity index (χ0) is 31.6. The van der Waals surface area contributed by atoms with Crippen LogP contribution in [0.15, 0.2) is 24.3 Å². The van der Waals surface area contributed by atoms with Crippen LogP contribution >= 0.6 is 22.9 Å². The monoisotopic (exact) mass is 656 g/mol. The van der Waals surface area contributed by atoms with Gasteiger partial charge in [-0.05, 0) is 101 Å². The van der Waals surface area contributed by atoms with E-state index in [1.807, 2.05) is 18.2 Å². The van der Waals surface area contributed by atoms with E-state index in [9.17, 15) is 9.90 Å². The molecule has 3 rings (SSSR count). The molecule has 246 valence electrons. The Morgan fingerprint density at radius 1 is 1.21 bits per heavy atom. The van der Waals surface area contributed by atoms with E-state index in [4.69, 9.17) is 30.2 Å². The number of ether oxygens (including phenoxy) is 3. The van der Waals surface area contributed by atoms with Gasteiger partial charge in [-0.3, -0.25) is 0 Å². The molecule has 7 atom stereocenters. The number of aliphatic hydroxyl groups excluding tert-OH is 1. The second kappa shape index (κ2) is 17.3. The molecule has 6 nitrogen and oxygen atoms in total. The van der Waals surface area contributed by atoms with E-state index in [-0.39, 0.29) is 46.7 Å². The number of aryl methyl sites for hydroxylation is 1. The molecule has 1 aliphatic heterocycles. The summed E-state index contributed by atoms with van der Waals surface area (Å²) in [7, 11) is -0.345. The van der Waals surface area contributed by atoms with Gasteiger partial charge in [-0.25, -0.2) is 4.79 Å². The van der Waals surface area contributed by atoms with Crippen molar-refractivity contribution in [2.24, 2.45) is 11.8 Å². The van der Waals surface area contributed by atoms with Crippen LogP contribution in [0.25, 0.3) is 0 Å². The van der Waals surface area contributed by atoms with E-state index in [2.05, 4.69) is 46.9 Å². The van der Waals surface area contributed by atoms with Crippen LogP contribution < -0.4 is 0 Å². The summed E-state index contributed by atoms with van der Waals surface area (Å²) in [5.74, 6) is 0.109. The highest BCUT2D eigenvalue weighted by atomic mass is 35.5. The number of thiophene rings is 1. The topological polar surface area (TPSA) is 74.2 Å². The minimum atomic E-state index is -1.76. The second-order valence-electron chi connectivity index (χ2n) is 14.0. The van der Waals surface area contributed by atoms with Gasteiger partial charge in [0.1, 0.15) is 4.88 Å². The first kappa shape index (κ1) is 36.7. The number of rotatable bonds is 16. The first-order valence-electron chi connectivity index (χ1n) is 16.4. The van der Waals surface area contributed by atoms with Crippen molar-refractivity contribution in [3.05, 3.63) is 34.0 Å². The molecule has 1 aromatic heterocycles. The van der Waals surface area contributed by atoms with Crippen molar-refractivity contribution in [1.29, 1.82) is 0 Å². The number of aliphatic hydroxyl groups is 1. The first-order valence-corrected chi connectivity index (χ1v) is 20.6. The summed E-state index contributed by atoms with van der Waals surface area (Å²) in [6, 6.07) is 3.86. The highest BCUT2D eigenvalue weighted by molar-refractivity contribution is 7.13. The molecule has 0 aromatic carbocycles. The van der Waals surface area contributed by atoms with Crippen molar-refractivity contribution in [2.75, 3.05) is 13.7 Å². The number of carbonyl (C=O) groups excluding carboxylic acids is 1. The number of alkyl halides is 1. The third-order valence-corrected chi connectivity index (χ3v) is 15.8. The molecule has 1 N–H and O–H groups in total. The predicted molar refractivity (Wildman–Crippen MR) is 180 cm³/mol. The van der Waals surface area contributed by atoms with Crippen LogP contribution in [0.3, 0.4) is 0 Å². The Morgan fingerprint density at radius 3 is 2.63 bits per heavy atom. The van der Waals surface area contributed by atoms with Crippen molar-refractivity contribution in [1.82, 2.24) is 0 Å². The van der Waals surface area contributed by atoms with Gasteiger partial charge in [0.15, 0.2) is 14.6 Å². The van der Waals surface area contributed by atoms with Crippen LogP contribution in [-0.2, 0) is 25.1 Å². The molecule has 0 bridgehead atoms. The fourth-order valence-corrected chi connectivity index (χ4v) is 8.90. The summed E-state index contributed by atoms with van der Waals surface area (Å²) in [5.41, 5.74) is 0. The molecular formula is C34H57ClO6SSi. The van der Waals surface area contributed by atoms with Gasteiger partial charge in [0, 0.05) is 28.9 Å². The molecule has 1 saturated carbocycles. The molecule has 2 aliphatic rings. The summed E-state index contributed by atoms with van der Waals surface area (Å²) >= 11 is 8.47. The van der Waals surface area contributed by atoms with Crippen molar-refractivity contribution in [3.8, 4) is 0 Å². The third kappa shape index (κ3) is 11.5. The quantitative estimate of drug-likeness (QED) is 0.0630. The van der Waals surface area contributed by atoms with Gasteiger partial charge >= 0.3 is 5.97 Å². The fraction of sp³-hybridized carbons (Fsp3) is 0.794. The van der Waals surface area contributed by atoms with E-state index in [0.29, 0.717) is 4.88 Å². The van der Waals surface area contributed by atoms with Crippen LogP contribution in [0.4, 0.5) is 0 Å². The molecule has 43 heavy (non-hydrogen) atoms. The van der Waals surface area contributed by atoms with Gasteiger partial charge in [0.2, 0.25) is 0 Å². The molecule has 0 amide bonds. The number of unbranched alkanes of at least 4 members (excludes halogenated alkanes) is 1. The molecule has 0 spiro atoms. The lowest BCUT2D eigenvalue weighted by molar-refractivity contribution is -0.192. The lowest BCUT2D eigenvalue weighted by atomic mass is 9.88. The smallest absolute Gasteiger partial charge is 0.348 e. The van der Waals surface area contributed by atoms with Gasteiger partial charge in [0.05, 0.1) is 19.3 Å². The lowest BCUT2D eigenvalue weighted by Crippen LogP contribution is -2.43. The molecule has 1 saturated heterocycles. The van der Waals surface area contributed by atoms with Crippen LogP contribution in [-0.4, -0.2) is 63.1 Å². The molecular weight excluding hydrogens is 600 g/mol. The average molecular weight is 657 g/mol. The number of halogens is 1. The van der Waals surface area contributed by atoms with E-state index >= 15 is 0 Å². The summed E-state index contributed by atoms with van der Waals surface area (Å²) in [4.78, 5) is 13.7. The van der Waals surface area contributed by atoms with Gasteiger partial charge < -0.3 is 23.7 Å². The Labute approximate surface area is 271 Å². The normalized spacial score (nSPS) is 26.6. The fourth-order valence-electron chi connectivity index (χ4n) is 5.98. The maximum atomic E-state index is 11.8. The minimum Gasteiger partial charge on any atom is -0.465 e. The zero-order valence-electron chi connectivity index (χ0n) is 27.6. The number of methoxy groups -OCH3 is 1. The molecule has 2 heterocycles. The largest absolute Gasteiger partial charge is 0.465 e. The van der Waals surface area contributed by atoms with Gasteiger partial charge in [0.25, 0.3) is 0 Å². The van der Waals surface area contributed by atoms with E-state index in [1.165, 1.54) is 23.3 Å². The standard InChI is InChI=1S/C34H57ClO6SSi/c1-24(41-43(6,7)34(2,3)4)13-8-9-14-25(36)18-20-28-27(16-12-15-26-19-21-31(42-26)33(37)38-5)29(35)23-30(28)40-32-17-10-11-22-39-32/h18-21,24-25,27-30,32,36H,8-17,22-23H2,1-7H3/t24-,25-,27-,28+,29+,30-,32?/m1/s1. The minimum absolute atomic E-state index is 0.0109. The molecule has 1 aliphatic carbocycles. The molecule has 0 radical (unpaired) electrons. The number of hydrogen-bond acceptors (Lipinski definition) is 7. The molecule has 2 fully saturated rings. The maximum Gasteiger partial charge on any atom is 0.348 e. The van der Waals surface area contributed by atoms with Crippen molar-refractivity contribution in [2.45, 2.75) is 146 Å². The maximum absolute atomic E-state index is 11.8. The number of esters is 1. The van der Waals surface area contributed by atoms with Crippen molar-refractivity contribution in [3.63, 3.8) is 0 Å². The van der Waals surface area contributed by atoms with E-state index < -0.39 is 14.4 Å². The molecule has 1 aromatic rings. The lowest BCUT2D eigenvalue weighted by Gasteiger charge is -2.38. The molecule has 1 unspecified atom stereocenters. The van der Waals surface area contributed by atoms with Crippen LogP contribution in [0.2, 0.25) is 18.1 Å². The Balaban J connectivity index is 1.53. The van der Waals surface area contributed by atoms with Crippen LogP contribution in [0, 0.1) is 11.8 Å². The van der Waals surface area contributed by atoms with Crippen molar-refractivity contribution >= 4 is 37.2 Å². The third-order valence-electron chi connectivity index (χ3n) is 9.54. The highest BCUT2D eigenvalue weighted by Gasteiger charge is 2.43. The first-order chi connectivity index (χ1) is 20.3. The van der Waals surface area contributed by atoms with E-state index in [1.54, 1.807) is 0 Å². The zero-order valence-corrected chi connectivity index (χ0v) is 30.2. The second-order valence-corrected chi connectivity index (χ2v) is 20.5. The predicted octanol–water partition coefficient (Wildman–Crippen LogP) is 8.90. The SMILES string of the molecule is COC(=O)c1ccc(CCC[C@@H]2[C@H](C=C[C@H](O)CCCC[C@@H](C)O[Si](C)(C)C(C)(C)C)[C@H](OC3CCCCO3)C[C@@H]2Cl)s1. The van der Waals surface area contributed by atoms with Gasteiger partial charge in [-0.1, -0.05) is 45.8 Å². The van der Waals surface area contributed by atoms with Gasteiger partial charge in [-0.15, -0.1) is 22.9 Å². The summed E-state index contributed by atoms with van der Waals surface area (Å²) in [6.45, 7) is 14.4. The summed E-state index contributed by atoms with van der Waals surface area (Å²) in [5, 5.41) is 11.1. The Kier molecular flexibility index (Phi) is 14.7. The van der Waals surface area contributed by atoms with E-state index in [0.717, 1.165) is 77.2 Å². The van der Waals surface area contributed by atoms with Gasteiger partial charge in [-0.2, -0.15) is 0 Å². The van der Waals surface area contributed by atoms with Crippen LogP contribution in [0.5, 0.6) is 0 Å². The number of hydrogen-bond donors (Lipinski definition) is 1. The van der Waals surface area contributed by atoms with Crippen molar-refractivity contribution < 1.29 is 28.5 Å². The Bertz CT molecular complexity index is 1000. The highest BCUT2D eigenvalue weighted by Crippen LogP contribution is 2.43. The number of carbonyl (C=O) groups is 1. The summed E-state index contributed by atoms with van der Waals surface area (Å²) in [6.07, 6.45) is 14.2. The van der Waals surface area contributed by atoms with Crippen LogP contribution in [0.1, 0.15) is 106 Å². The molecule has 9 heteroatoms. The Hall–Kier alpha value is -0.743. The average Bonchev–Trinajstić information content (AvgIpc) is 3.53.